The minimum Gasteiger partial charge on any atom is -0.339 e. The molecule has 1 fully saturated rings. The number of nitrogens with one attached hydrogen (secondary N) is 1. The summed E-state index contributed by atoms with van der Waals surface area (Å²) in [7, 11) is 0. The van der Waals surface area contributed by atoms with Gasteiger partial charge in [-0.2, -0.15) is 4.98 Å². The van der Waals surface area contributed by atoms with Crippen LogP contribution in [0, 0.1) is 13.8 Å². The highest BCUT2D eigenvalue weighted by Gasteiger charge is 2.37. The Morgan fingerprint density at radius 1 is 1.18 bits per heavy atom. The maximum Gasteiger partial charge on any atom is 0.274 e. The van der Waals surface area contributed by atoms with Crippen molar-refractivity contribution in [2.24, 2.45) is 0 Å². The molecule has 1 aliphatic carbocycles. The SMILES string of the molecule is Cc1ccn2c(C(=O)Nc3cc(-c4noc(C5CCC(F)(F)CC5)n4)ccc3C)cnc2c1. The molecule has 7 nitrogen and oxygen atoms in total. The van der Waals surface area contributed by atoms with Gasteiger partial charge in [0.25, 0.3) is 5.91 Å². The Hall–Kier alpha value is -3.62. The average molecular weight is 451 g/mol. The first-order chi connectivity index (χ1) is 15.8. The molecule has 33 heavy (non-hydrogen) atoms. The maximum atomic E-state index is 13.4. The number of anilines is 1. The van der Waals surface area contributed by atoms with E-state index in [9.17, 15) is 13.6 Å². The van der Waals surface area contributed by atoms with Crippen molar-refractivity contribution in [1.82, 2.24) is 19.5 Å². The summed E-state index contributed by atoms with van der Waals surface area (Å²) in [5, 5.41) is 6.99. The van der Waals surface area contributed by atoms with E-state index in [1.807, 2.05) is 44.3 Å². The van der Waals surface area contributed by atoms with Crippen LogP contribution < -0.4 is 5.32 Å². The van der Waals surface area contributed by atoms with Crippen molar-refractivity contribution < 1.29 is 18.1 Å². The number of rotatable bonds is 4. The van der Waals surface area contributed by atoms with Gasteiger partial charge in [0.1, 0.15) is 11.3 Å². The maximum absolute atomic E-state index is 13.4. The van der Waals surface area contributed by atoms with Crippen molar-refractivity contribution in [3.63, 3.8) is 0 Å². The Morgan fingerprint density at radius 2 is 1.97 bits per heavy atom. The molecule has 1 aliphatic rings. The topological polar surface area (TPSA) is 85.3 Å². The molecule has 1 aromatic carbocycles. The smallest absolute Gasteiger partial charge is 0.274 e. The number of benzene rings is 1. The molecule has 0 unspecified atom stereocenters. The molecule has 5 rings (SSSR count). The Balaban J connectivity index is 1.36. The second kappa shape index (κ2) is 8.06. The number of carbonyl (C=O) groups excluding carboxylic acids is 1. The number of carbonyl (C=O) groups is 1. The highest BCUT2D eigenvalue weighted by Crippen LogP contribution is 2.40. The molecule has 0 radical (unpaired) electrons. The van der Waals surface area contributed by atoms with E-state index in [-0.39, 0.29) is 24.7 Å². The zero-order valence-electron chi connectivity index (χ0n) is 18.3. The van der Waals surface area contributed by atoms with Crippen molar-refractivity contribution in [2.45, 2.75) is 51.4 Å². The number of amides is 1. The third-order valence-corrected chi connectivity index (χ3v) is 6.15. The zero-order chi connectivity index (χ0) is 23.2. The molecule has 4 aromatic rings. The van der Waals surface area contributed by atoms with Gasteiger partial charge >= 0.3 is 0 Å². The van der Waals surface area contributed by atoms with E-state index in [1.54, 1.807) is 16.7 Å². The number of aryl methyl sites for hydroxylation is 2. The second-order valence-corrected chi connectivity index (χ2v) is 8.65. The van der Waals surface area contributed by atoms with Crippen molar-refractivity contribution in [3.8, 4) is 11.4 Å². The highest BCUT2D eigenvalue weighted by atomic mass is 19.3. The van der Waals surface area contributed by atoms with E-state index >= 15 is 0 Å². The molecule has 0 bridgehead atoms. The number of imidazole rings is 1. The molecule has 0 atom stereocenters. The number of halogens is 2. The molecule has 0 spiro atoms. The van der Waals surface area contributed by atoms with Gasteiger partial charge < -0.3 is 9.84 Å². The van der Waals surface area contributed by atoms with Crippen LogP contribution in [-0.2, 0) is 0 Å². The quantitative estimate of drug-likeness (QED) is 0.440. The molecule has 1 saturated carbocycles. The molecule has 3 heterocycles. The van der Waals surface area contributed by atoms with Crippen LogP contribution in [0.3, 0.4) is 0 Å². The molecule has 0 aliphatic heterocycles. The standard InChI is InChI=1S/C24H23F2N5O2/c1-14-7-10-31-19(13-27-20(31)11-14)22(32)28-18-12-17(4-3-15(18)2)21-29-23(33-30-21)16-5-8-24(25,26)9-6-16/h3-4,7,10-13,16H,5-6,8-9H2,1-2H3,(H,28,32). The van der Waals surface area contributed by atoms with E-state index in [0.29, 0.717) is 47.1 Å². The molecule has 9 heteroatoms. The summed E-state index contributed by atoms with van der Waals surface area (Å²) in [5.41, 5.74) is 4.33. The predicted molar refractivity (Wildman–Crippen MR) is 119 cm³/mol. The number of nitrogens with zero attached hydrogens (tertiary/aromatic N) is 4. The van der Waals surface area contributed by atoms with Gasteiger partial charge in [0, 0.05) is 36.2 Å². The number of hydrogen-bond acceptors (Lipinski definition) is 5. The largest absolute Gasteiger partial charge is 0.339 e. The lowest BCUT2D eigenvalue weighted by Crippen LogP contribution is -2.23. The molecular weight excluding hydrogens is 428 g/mol. The van der Waals surface area contributed by atoms with Gasteiger partial charge in [-0.25, -0.2) is 13.8 Å². The lowest BCUT2D eigenvalue weighted by Gasteiger charge is -2.25. The Bertz CT molecular complexity index is 1330. The highest BCUT2D eigenvalue weighted by molar-refractivity contribution is 6.04. The van der Waals surface area contributed by atoms with Gasteiger partial charge in [-0.1, -0.05) is 17.3 Å². The third-order valence-electron chi connectivity index (χ3n) is 6.15. The van der Waals surface area contributed by atoms with Crippen LogP contribution >= 0.6 is 0 Å². The van der Waals surface area contributed by atoms with E-state index in [4.69, 9.17) is 4.52 Å². The monoisotopic (exact) mass is 451 g/mol. The summed E-state index contributed by atoms with van der Waals surface area (Å²) < 4.78 is 34.0. The van der Waals surface area contributed by atoms with Crippen LogP contribution in [0.5, 0.6) is 0 Å². The second-order valence-electron chi connectivity index (χ2n) is 8.65. The Kier molecular flexibility index (Phi) is 5.19. The van der Waals surface area contributed by atoms with Crippen LogP contribution in [-0.4, -0.2) is 31.4 Å². The molecule has 1 amide bonds. The number of aromatic nitrogens is 4. The van der Waals surface area contributed by atoms with Crippen LogP contribution in [0.25, 0.3) is 17.0 Å². The molecule has 0 saturated heterocycles. The van der Waals surface area contributed by atoms with Gasteiger partial charge in [0.15, 0.2) is 0 Å². The normalized spacial score (nSPS) is 16.2. The van der Waals surface area contributed by atoms with Crippen molar-refractivity contribution in [1.29, 1.82) is 0 Å². The van der Waals surface area contributed by atoms with Crippen LogP contribution in [0.2, 0.25) is 0 Å². The average Bonchev–Trinajstić information content (AvgIpc) is 3.42. The van der Waals surface area contributed by atoms with E-state index in [2.05, 4.69) is 20.4 Å². The summed E-state index contributed by atoms with van der Waals surface area (Å²) in [6.07, 6.45) is 3.67. The van der Waals surface area contributed by atoms with E-state index in [1.165, 1.54) is 0 Å². The Morgan fingerprint density at radius 3 is 2.76 bits per heavy atom. The first kappa shape index (κ1) is 21.2. The summed E-state index contributed by atoms with van der Waals surface area (Å²) in [5.74, 6) is -2.31. The van der Waals surface area contributed by atoms with Crippen LogP contribution in [0.4, 0.5) is 14.5 Å². The van der Waals surface area contributed by atoms with Crippen molar-refractivity contribution >= 4 is 17.2 Å². The molecular formula is C24H23F2N5O2. The lowest BCUT2D eigenvalue weighted by atomic mass is 9.87. The minimum absolute atomic E-state index is 0.158. The first-order valence-corrected chi connectivity index (χ1v) is 10.9. The predicted octanol–water partition coefficient (Wildman–Crippen LogP) is 5.55. The molecule has 1 N–H and O–H groups in total. The van der Waals surface area contributed by atoms with Crippen molar-refractivity contribution in [2.75, 3.05) is 5.32 Å². The van der Waals surface area contributed by atoms with Gasteiger partial charge in [0.2, 0.25) is 17.6 Å². The molecule has 3 aromatic heterocycles. The zero-order valence-corrected chi connectivity index (χ0v) is 18.3. The summed E-state index contributed by atoms with van der Waals surface area (Å²) in [6.45, 7) is 3.86. The van der Waals surface area contributed by atoms with Gasteiger partial charge in [-0.3, -0.25) is 9.20 Å². The van der Waals surface area contributed by atoms with Crippen molar-refractivity contribution in [3.05, 3.63) is 65.4 Å². The fourth-order valence-corrected chi connectivity index (χ4v) is 4.14. The van der Waals surface area contributed by atoms with E-state index in [0.717, 1.165) is 11.1 Å². The van der Waals surface area contributed by atoms with Gasteiger partial charge in [0.05, 0.1) is 6.20 Å². The lowest BCUT2D eigenvalue weighted by molar-refractivity contribution is -0.0402. The summed E-state index contributed by atoms with van der Waals surface area (Å²) in [4.78, 5) is 21.7. The van der Waals surface area contributed by atoms with Crippen LogP contribution in [0.1, 0.15) is 59.1 Å². The minimum atomic E-state index is -2.61. The van der Waals surface area contributed by atoms with E-state index < -0.39 is 5.92 Å². The number of hydrogen-bond donors (Lipinski definition) is 1. The number of pyridine rings is 1. The number of fused-ring (bicyclic) bond motifs is 1. The Labute approximate surface area is 188 Å². The fraction of sp³-hybridized carbons (Fsp3) is 0.333. The fourth-order valence-electron chi connectivity index (χ4n) is 4.14. The first-order valence-electron chi connectivity index (χ1n) is 10.9. The third kappa shape index (κ3) is 4.22. The van der Waals surface area contributed by atoms with Gasteiger partial charge in [-0.15, -0.1) is 0 Å². The summed E-state index contributed by atoms with van der Waals surface area (Å²) >= 11 is 0. The van der Waals surface area contributed by atoms with Crippen LogP contribution in [0.15, 0.2) is 47.2 Å². The summed E-state index contributed by atoms with van der Waals surface area (Å²) in [6, 6.07) is 9.30. The molecule has 170 valence electrons. The van der Waals surface area contributed by atoms with Gasteiger partial charge in [-0.05, 0) is 56.0 Å². The number of alkyl halides is 2.